The van der Waals surface area contributed by atoms with Gasteiger partial charge in [-0.25, -0.2) is 9.97 Å². The summed E-state index contributed by atoms with van der Waals surface area (Å²) in [4.78, 5) is 8.93. The fourth-order valence-corrected chi connectivity index (χ4v) is 3.72. The molecular formula is C13H20BrN3S. The molecule has 0 spiro atoms. The molecule has 1 aromatic rings. The molecule has 1 aliphatic rings. The fourth-order valence-electron chi connectivity index (χ4n) is 2.09. The molecular weight excluding hydrogens is 310 g/mol. The first kappa shape index (κ1) is 14.1. The van der Waals surface area contributed by atoms with Gasteiger partial charge in [0.2, 0.25) is 0 Å². The smallest absolute Gasteiger partial charge is 0.132 e. The van der Waals surface area contributed by atoms with Crippen LogP contribution in [0.5, 0.6) is 0 Å². The lowest BCUT2D eigenvalue weighted by molar-refractivity contribution is 0.515. The van der Waals surface area contributed by atoms with Gasteiger partial charge in [-0.2, -0.15) is 11.8 Å². The van der Waals surface area contributed by atoms with Gasteiger partial charge in [-0.05, 0) is 52.6 Å². The summed E-state index contributed by atoms with van der Waals surface area (Å²) in [5, 5.41) is 3.46. The first-order valence-corrected chi connectivity index (χ1v) is 8.57. The minimum Gasteiger partial charge on any atom is -0.370 e. The highest BCUT2D eigenvalue weighted by Crippen LogP contribution is 2.23. The second-order valence-electron chi connectivity index (χ2n) is 4.68. The Labute approximate surface area is 122 Å². The van der Waals surface area contributed by atoms with Gasteiger partial charge in [-0.3, -0.25) is 0 Å². The average molecular weight is 330 g/mol. The first-order valence-electron chi connectivity index (χ1n) is 6.63. The van der Waals surface area contributed by atoms with Crippen molar-refractivity contribution in [3.63, 3.8) is 0 Å². The van der Waals surface area contributed by atoms with E-state index >= 15 is 0 Å². The lowest BCUT2D eigenvalue weighted by Gasteiger charge is -2.21. The number of hydrogen-bond acceptors (Lipinski definition) is 4. The van der Waals surface area contributed by atoms with E-state index in [-0.39, 0.29) is 0 Å². The van der Waals surface area contributed by atoms with Crippen LogP contribution in [0.4, 0.5) is 5.82 Å². The summed E-state index contributed by atoms with van der Waals surface area (Å²) in [6.07, 6.45) is 4.67. The molecule has 0 aliphatic carbocycles. The predicted octanol–water partition coefficient (Wildman–Crippen LogP) is 3.75. The van der Waals surface area contributed by atoms with Crippen molar-refractivity contribution in [3.05, 3.63) is 16.5 Å². The van der Waals surface area contributed by atoms with Crippen LogP contribution in [0.3, 0.4) is 0 Å². The third-order valence-corrected chi connectivity index (χ3v) is 4.58. The van der Waals surface area contributed by atoms with Crippen LogP contribution in [0.2, 0.25) is 0 Å². The zero-order valence-corrected chi connectivity index (χ0v) is 13.2. The van der Waals surface area contributed by atoms with Crippen LogP contribution in [0.1, 0.15) is 32.0 Å². The molecule has 3 nitrogen and oxygen atoms in total. The number of thioether (sulfide) groups is 1. The normalized spacial score (nSPS) is 16.8. The zero-order chi connectivity index (χ0) is 12.8. The second-order valence-corrected chi connectivity index (χ2v) is 6.72. The van der Waals surface area contributed by atoms with Crippen LogP contribution < -0.4 is 5.32 Å². The molecule has 1 aliphatic heterocycles. The van der Waals surface area contributed by atoms with E-state index in [2.05, 4.69) is 49.9 Å². The standard InChI is InChI=1S/C13H20BrN3S/c1-2-3-12-16-11(14)8-13(17-12)15-9-10-4-6-18-7-5-10/h8,10H,2-7,9H2,1H3,(H,15,16,17). The number of aryl methyl sites for hydroxylation is 1. The predicted molar refractivity (Wildman–Crippen MR) is 82.3 cm³/mol. The van der Waals surface area contributed by atoms with Crippen LogP contribution in [0, 0.1) is 5.92 Å². The maximum atomic E-state index is 4.55. The molecule has 2 rings (SSSR count). The Morgan fingerprint density at radius 2 is 2.17 bits per heavy atom. The average Bonchev–Trinajstić information content (AvgIpc) is 2.37. The largest absolute Gasteiger partial charge is 0.370 e. The summed E-state index contributed by atoms with van der Waals surface area (Å²) >= 11 is 5.53. The lowest BCUT2D eigenvalue weighted by Crippen LogP contribution is -2.19. The quantitative estimate of drug-likeness (QED) is 0.835. The van der Waals surface area contributed by atoms with E-state index in [4.69, 9.17) is 0 Å². The Morgan fingerprint density at radius 1 is 1.39 bits per heavy atom. The Morgan fingerprint density at radius 3 is 2.89 bits per heavy atom. The molecule has 18 heavy (non-hydrogen) atoms. The van der Waals surface area contributed by atoms with Crippen molar-refractivity contribution in [2.45, 2.75) is 32.6 Å². The molecule has 1 N–H and O–H groups in total. The van der Waals surface area contributed by atoms with E-state index in [0.29, 0.717) is 0 Å². The van der Waals surface area contributed by atoms with Crippen molar-refractivity contribution in [3.8, 4) is 0 Å². The van der Waals surface area contributed by atoms with Crippen LogP contribution in [-0.4, -0.2) is 28.0 Å². The van der Waals surface area contributed by atoms with Gasteiger partial charge in [-0.1, -0.05) is 6.92 Å². The molecule has 0 amide bonds. The lowest BCUT2D eigenvalue weighted by atomic mass is 10.0. The van der Waals surface area contributed by atoms with Crippen LogP contribution in [0.15, 0.2) is 10.7 Å². The Hall–Kier alpha value is -0.290. The van der Waals surface area contributed by atoms with E-state index < -0.39 is 0 Å². The highest BCUT2D eigenvalue weighted by Gasteiger charge is 2.13. The van der Waals surface area contributed by atoms with Gasteiger partial charge < -0.3 is 5.32 Å². The van der Waals surface area contributed by atoms with Gasteiger partial charge in [0.15, 0.2) is 0 Å². The monoisotopic (exact) mass is 329 g/mol. The first-order chi connectivity index (χ1) is 8.78. The molecule has 0 atom stereocenters. The zero-order valence-electron chi connectivity index (χ0n) is 10.8. The minimum absolute atomic E-state index is 0.801. The number of nitrogens with one attached hydrogen (secondary N) is 1. The molecule has 100 valence electrons. The molecule has 0 unspecified atom stereocenters. The molecule has 1 aromatic heterocycles. The van der Waals surface area contributed by atoms with E-state index in [1.54, 1.807) is 0 Å². The SMILES string of the molecule is CCCc1nc(Br)cc(NCC2CCSCC2)n1. The minimum atomic E-state index is 0.801. The van der Waals surface area contributed by atoms with E-state index in [0.717, 1.165) is 41.5 Å². The fraction of sp³-hybridized carbons (Fsp3) is 0.692. The van der Waals surface area contributed by atoms with Gasteiger partial charge in [0.1, 0.15) is 16.2 Å². The third kappa shape index (κ3) is 4.43. The second kappa shape index (κ2) is 7.34. The molecule has 0 saturated carbocycles. The molecule has 5 heteroatoms. The molecule has 1 fully saturated rings. The van der Waals surface area contributed by atoms with Crippen LogP contribution >= 0.6 is 27.7 Å². The van der Waals surface area contributed by atoms with Gasteiger partial charge in [0.05, 0.1) is 0 Å². The van der Waals surface area contributed by atoms with Crippen molar-refractivity contribution >= 4 is 33.5 Å². The van der Waals surface area contributed by atoms with Crippen LogP contribution in [0.25, 0.3) is 0 Å². The number of hydrogen-bond donors (Lipinski definition) is 1. The topological polar surface area (TPSA) is 37.8 Å². The van der Waals surface area contributed by atoms with Crippen molar-refractivity contribution < 1.29 is 0 Å². The summed E-state index contributed by atoms with van der Waals surface area (Å²) in [5.41, 5.74) is 0. The number of rotatable bonds is 5. The number of nitrogens with zero attached hydrogens (tertiary/aromatic N) is 2. The third-order valence-electron chi connectivity index (χ3n) is 3.13. The van der Waals surface area contributed by atoms with E-state index in [1.165, 1.54) is 24.3 Å². The molecule has 2 heterocycles. The van der Waals surface area contributed by atoms with Crippen LogP contribution in [-0.2, 0) is 6.42 Å². The highest BCUT2D eigenvalue weighted by molar-refractivity contribution is 9.10. The summed E-state index contributed by atoms with van der Waals surface area (Å²) in [6.45, 7) is 3.19. The Balaban J connectivity index is 1.91. The van der Waals surface area contributed by atoms with Gasteiger partial charge >= 0.3 is 0 Å². The number of aromatic nitrogens is 2. The van der Waals surface area contributed by atoms with Crippen molar-refractivity contribution in [1.82, 2.24) is 9.97 Å². The van der Waals surface area contributed by atoms with Crippen molar-refractivity contribution in [2.75, 3.05) is 23.4 Å². The molecule has 0 bridgehead atoms. The Bertz CT molecular complexity index is 380. The number of halogens is 1. The maximum Gasteiger partial charge on any atom is 0.132 e. The van der Waals surface area contributed by atoms with Crippen molar-refractivity contribution in [2.24, 2.45) is 5.92 Å². The Kier molecular flexibility index (Phi) is 5.76. The van der Waals surface area contributed by atoms with E-state index in [9.17, 15) is 0 Å². The van der Waals surface area contributed by atoms with E-state index in [1.807, 2.05) is 6.07 Å². The number of anilines is 1. The molecule has 0 radical (unpaired) electrons. The highest BCUT2D eigenvalue weighted by atomic mass is 79.9. The van der Waals surface area contributed by atoms with Gasteiger partial charge in [0.25, 0.3) is 0 Å². The maximum absolute atomic E-state index is 4.55. The summed E-state index contributed by atoms with van der Waals surface area (Å²) < 4.78 is 0.877. The summed E-state index contributed by atoms with van der Waals surface area (Å²) in [6, 6.07) is 1.97. The molecule has 1 saturated heterocycles. The molecule has 0 aromatic carbocycles. The van der Waals surface area contributed by atoms with Crippen molar-refractivity contribution in [1.29, 1.82) is 0 Å². The van der Waals surface area contributed by atoms with Gasteiger partial charge in [0, 0.05) is 19.0 Å². The summed E-state index contributed by atoms with van der Waals surface area (Å²) in [7, 11) is 0. The van der Waals surface area contributed by atoms with Gasteiger partial charge in [-0.15, -0.1) is 0 Å². The summed E-state index contributed by atoms with van der Waals surface area (Å²) in [5.74, 6) is 5.30.